The minimum atomic E-state index is -5.06. The second-order valence-electron chi connectivity index (χ2n) is 18.9. The van der Waals surface area contributed by atoms with Crippen LogP contribution < -0.4 is 0 Å². The fourth-order valence-corrected chi connectivity index (χ4v) is 8.28. The zero-order chi connectivity index (χ0) is 43.5. The molecule has 60 heavy (non-hydrogen) atoms. The van der Waals surface area contributed by atoms with Crippen LogP contribution in [0.15, 0.2) is 109 Å². The Hall–Kier alpha value is -6.01. The molecule has 0 bridgehead atoms. The van der Waals surface area contributed by atoms with Gasteiger partial charge in [0.05, 0.1) is 44.6 Å². The van der Waals surface area contributed by atoms with Crippen molar-refractivity contribution in [1.82, 2.24) is 9.13 Å². The zero-order valence-electron chi connectivity index (χ0n) is 35.0. The van der Waals surface area contributed by atoms with Gasteiger partial charge in [0.1, 0.15) is 11.6 Å². The Labute approximate surface area is 345 Å². The second kappa shape index (κ2) is 13.5. The van der Waals surface area contributed by atoms with E-state index in [0.717, 1.165) is 72.4 Å². The van der Waals surface area contributed by atoms with Crippen molar-refractivity contribution in [2.24, 2.45) is 0 Å². The minimum Gasteiger partial charge on any atom is -0.308 e. The van der Waals surface area contributed by atoms with Gasteiger partial charge in [-0.1, -0.05) is 98.7 Å². The lowest BCUT2D eigenvalue weighted by Gasteiger charge is -2.21. The highest BCUT2D eigenvalue weighted by Crippen LogP contribution is 2.44. The quantitative estimate of drug-likeness (QED) is 0.164. The predicted octanol–water partition coefficient (Wildman–Crippen LogP) is 15.3. The summed E-state index contributed by atoms with van der Waals surface area (Å²) >= 11 is 0. The second-order valence-corrected chi connectivity index (χ2v) is 18.9. The number of nitriles is 1. The highest BCUT2D eigenvalue weighted by atomic mass is 19.4. The summed E-state index contributed by atoms with van der Waals surface area (Å²) in [5.41, 5.74) is 3.33. The van der Waals surface area contributed by atoms with Crippen LogP contribution in [0.1, 0.15) is 95.7 Å². The van der Waals surface area contributed by atoms with Gasteiger partial charge in [0.15, 0.2) is 0 Å². The molecule has 8 rings (SSSR count). The van der Waals surface area contributed by atoms with E-state index < -0.39 is 23.5 Å². The molecule has 2 aromatic heterocycles. The molecular weight excluding hydrogens is 769 g/mol. The van der Waals surface area contributed by atoms with Crippen LogP contribution >= 0.6 is 0 Å². The maximum absolute atomic E-state index is 14.4. The van der Waals surface area contributed by atoms with E-state index >= 15 is 0 Å². The Morgan fingerprint density at radius 1 is 0.400 bits per heavy atom. The van der Waals surface area contributed by atoms with Gasteiger partial charge in [-0.15, -0.1) is 0 Å². The fourth-order valence-electron chi connectivity index (χ4n) is 8.28. The highest BCUT2D eigenvalue weighted by Gasteiger charge is 2.37. The van der Waals surface area contributed by atoms with Crippen molar-refractivity contribution in [2.45, 2.75) is 90.9 Å². The monoisotopic (exact) mass is 813 g/mol. The van der Waals surface area contributed by atoms with Gasteiger partial charge in [-0.05, 0) is 117 Å². The zero-order valence-corrected chi connectivity index (χ0v) is 35.0. The standard InChI is InChI=1S/C51H45F6N3/c1-47(2,3)31-14-17-42-37(25-31)36-12-10-11-13-41(36)59(42)45-22-30(29-20-34(50(52,53)54)24-35(21-29)51(55,56)57)23-46(40(45)28-58)60-43-18-15-32(48(4,5)6)26-38(43)39-27-33(49(7,8)9)16-19-44(39)60/h10-27H,1-9H3. The van der Waals surface area contributed by atoms with Gasteiger partial charge in [0.25, 0.3) is 0 Å². The summed E-state index contributed by atoms with van der Waals surface area (Å²) in [5, 5.41) is 14.9. The Kier molecular flexibility index (Phi) is 9.17. The maximum atomic E-state index is 14.4. The van der Waals surface area contributed by atoms with Gasteiger partial charge in [-0.3, -0.25) is 0 Å². The minimum absolute atomic E-state index is 0.0838. The van der Waals surface area contributed by atoms with Crippen LogP contribution in [0.25, 0.3) is 66.1 Å². The highest BCUT2D eigenvalue weighted by molar-refractivity contribution is 6.11. The van der Waals surface area contributed by atoms with Gasteiger partial charge in [-0.25, -0.2) is 0 Å². The van der Waals surface area contributed by atoms with E-state index in [1.165, 1.54) is 0 Å². The Balaban J connectivity index is 1.57. The van der Waals surface area contributed by atoms with Crippen LogP contribution in [-0.4, -0.2) is 9.13 Å². The lowest BCUT2D eigenvalue weighted by atomic mass is 9.85. The van der Waals surface area contributed by atoms with Crippen molar-refractivity contribution in [2.75, 3.05) is 0 Å². The summed E-state index contributed by atoms with van der Waals surface area (Å²) in [6.45, 7) is 19.1. The Morgan fingerprint density at radius 2 is 0.750 bits per heavy atom. The van der Waals surface area contributed by atoms with E-state index in [1.54, 1.807) is 12.1 Å². The molecule has 9 heteroatoms. The number of nitrogens with zero attached hydrogens (tertiary/aromatic N) is 3. The molecule has 0 fully saturated rings. The summed E-state index contributed by atoms with van der Waals surface area (Å²) in [7, 11) is 0. The van der Waals surface area contributed by atoms with Crippen molar-refractivity contribution in [3.05, 3.63) is 143 Å². The lowest BCUT2D eigenvalue weighted by Crippen LogP contribution is -2.11. The average Bonchev–Trinajstić information content (AvgIpc) is 3.67. The Bertz CT molecular complexity index is 2970. The maximum Gasteiger partial charge on any atom is 0.416 e. The molecule has 0 saturated carbocycles. The normalized spacial score (nSPS) is 13.2. The van der Waals surface area contributed by atoms with Crippen LogP contribution in [0.3, 0.4) is 0 Å². The van der Waals surface area contributed by atoms with Gasteiger partial charge in [0, 0.05) is 21.5 Å². The van der Waals surface area contributed by atoms with Crippen LogP contribution in [-0.2, 0) is 28.6 Å². The SMILES string of the molecule is CC(C)(C)c1ccc2c(c1)c1ccccc1n2-c1cc(-c2cc(C(F)(F)F)cc(C(F)(F)F)c2)cc(-n2c3ccc(C(C)(C)C)cc3c3cc(C(C)(C)C)ccc32)c1C#N. The molecule has 0 amide bonds. The molecular formula is C51H45F6N3. The largest absolute Gasteiger partial charge is 0.416 e. The van der Waals surface area contributed by atoms with Crippen molar-refractivity contribution in [3.63, 3.8) is 0 Å². The van der Waals surface area contributed by atoms with Gasteiger partial charge in [-0.2, -0.15) is 31.6 Å². The summed E-state index contributed by atoms with van der Waals surface area (Å²) in [6.07, 6.45) is -10.1. The molecule has 0 radical (unpaired) electrons. The summed E-state index contributed by atoms with van der Waals surface area (Å²) in [6, 6.07) is 33.3. The number of para-hydroxylation sites is 1. The number of halogens is 6. The van der Waals surface area contributed by atoms with Crippen LogP contribution in [0, 0.1) is 11.3 Å². The molecule has 6 aromatic carbocycles. The number of aromatic nitrogens is 2. The molecule has 3 nitrogen and oxygen atoms in total. The smallest absolute Gasteiger partial charge is 0.308 e. The number of alkyl halides is 6. The molecule has 306 valence electrons. The molecule has 0 aliphatic rings. The number of rotatable bonds is 3. The third kappa shape index (κ3) is 6.90. The topological polar surface area (TPSA) is 33.6 Å². The van der Waals surface area contributed by atoms with Crippen molar-refractivity contribution in [1.29, 1.82) is 5.26 Å². The molecule has 0 aliphatic heterocycles. The number of benzene rings is 6. The first-order valence-corrected chi connectivity index (χ1v) is 19.9. The number of fused-ring (bicyclic) bond motifs is 6. The predicted molar refractivity (Wildman–Crippen MR) is 231 cm³/mol. The average molecular weight is 814 g/mol. The molecule has 0 N–H and O–H groups in total. The Morgan fingerprint density at radius 3 is 1.12 bits per heavy atom. The molecule has 0 unspecified atom stereocenters. The fraction of sp³-hybridized carbons (Fsp3) is 0.275. The first-order chi connectivity index (χ1) is 27.9. The van der Waals surface area contributed by atoms with E-state index in [2.05, 4.69) is 86.6 Å². The van der Waals surface area contributed by atoms with E-state index in [4.69, 9.17) is 0 Å². The van der Waals surface area contributed by atoms with Crippen LogP contribution in [0.4, 0.5) is 26.3 Å². The summed E-state index contributed by atoms with van der Waals surface area (Å²) in [5.74, 6) is 0. The summed E-state index contributed by atoms with van der Waals surface area (Å²) in [4.78, 5) is 0. The van der Waals surface area contributed by atoms with E-state index in [0.29, 0.717) is 11.4 Å². The molecule has 0 saturated heterocycles. The first kappa shape index (κ1) is 40.8. The van der Waals surface area contributed by atoms with E-state index in [9.17, 15) is 31.6 Å². The van der Waals surface area contributed by atoms with Crippen LogP contribution in [0.2, 0.25) is 0 Å². The van der Waals surface area contributed by atoms with Crippen molar-refractivity contribution < 1.29 is 26.3 Å². The van der Waals surface area contributed by atoms with Crippen molar-refractivity contribution in [3.8, 4) is 28.6 Å². The van der Waals surface area contributed by atoms with Gasteiger partial charge in [0.2, 0.25) is 0 Å². The van der Waals surface area contributed by atoms with E-state index in [-0.39, 0.29) is 39.0 Å². The molecule has 0 aliphatic carbocycles. The molecule has 0 atom stereocenters. The first-order valence-electron chi connectivity index (χ1n) is 19.9. The number of hydrogen-bond donors (Lipinski definition) is 0. The van der Waals surface area contributed by atoms with Gasteiger partial charge >= 0.3 is 12.4 Å². The third-order valence-electron chi connectivity index (χ3n) is 11.6. The van der Waals surface area contributed by atoms with Crippen LogP contribution in [0.5, 0.6) is 0 Å². The van der Waals surface area contributed by atoms with Crippen molar-refractivity contribution >= 4 is 43.6 Å². The number of hydrogen-bond acceptors (Lipinski definition) is 1. The summed E-state index contributed by atoms with van der Waals surface area (Å²) < 4.78 is 90.3. The lowest BCUT2D eigenvalue weighted by molar-refractivity contribution is -0.143. The molecule has 0 spiro atoms. The third-order valence-corrected chi connectivity index (χ3v) is 11.6. The van der Waals surface area contributed by atoms with E-state index in [1.807, 2.05) is 69.8 Å². The van der Waals surface area contributed by atoms with Gasteiger partial charge < -0.3 is 9.13 Å². The molecule has 2 heterocycles. The molecule has 8 aromatic rings.